The van der Waals surface area contributed by atoms with Gasteiger partial charge < -0.3 is 14.8 Å². The molecule has 0 unspecified atom stereocenters. The van der Waals surface area contributed by atoms with Gasteiger partial charge in [0, 0.05) is 33.8 Å². The first kappa shape index (κ1) is 22.3. The molecule has 0 aliphatic heterocycles. The molecular formula is C23H20ClN3O3S2. The first-order chi connectivity index (χ1) is 15.5. The molecule has 0 radical (unpaired) electrons. The van der Waals surface area contributed by atoms with Gasteiger partial charge in [-0.15, -0.1) is 22.7 Å². The van der Waals surface area contributed by atoms with E-state index in [1.54, 1.807) is 20.3 Å². The Hall–Kier alpha value is -2.94. The second-order valence-corrected chi connectivity index (χ2v) is 9.11. The molecule has 4 rings (SSSR count). The quantitative estimate of drug-likeness (QED) is 0.346. The van der Waals surface area contributed by atoms with E-state index in [-0.39, 0.29) is 12.3 Å². The van der Waals surface area contributed by atoms with E-state index in [1.165, 1.54) is 22.7 Å². The van der Waals surface area contributed by atoms with Gasteiger partial charge in [-0.05, 0) is 29.8 Å². The zero-order valence-corrected chi connectivity index (χ0v) is 19.8. The molecule has 6 nitrogen and oxygen atoms in total. The van der Waals surface area contributed by atoms with Crippen molar-refractivity contribution in [1.82, 2.24) is 9.97 Å². The SMILES string of the molecule is COc1ccc(-c2csc(NC(=O)Cc3csc(Cc4cccc(Cl)c4)n3)n2)c(OC)c1. The van der Waals surface area contributed by atoms with Crippen molar-refractivity contribution in [3.05, 3.63) is 74.5 Å². The van der Waals surface area contributed by atoms with Crippen LogP contribution in [0.2, 0.25) is 5.02 Å². The van der Waals surface area contributed by atoms with Crippen LogP contribution in [-0.2, 0) is 17.6 Å². The average molecular weight is 486 g/mol. The van der Waals surface area contributed by atoms with Gasteiger partial charge in [-0.25, -0.2) is 9.97 Å². The Kier molecular flexibility index (Phi) is 7.04. The number of aromatic nitrogens is 2. The first-order valence-electron chi connectivity index (χ1n) is 9.69. The summed E-state index contributed by atoms with van der Waals surface area (Å²) >= 11 is 8.94. The molecule has 2 aromatic carbocycles. The monoisotopic (exact) mass is 485 g/mol. The second kappa shape index (κ2) is 10.1. The summed E-state index contributed by atoms with van der Waals surface area (Å²) in [5.41, 5.74) is 3.38. The summed E-state index contributed by atoms with van der Waals surface area (Å²) in [6.45, 7) is 0. The van der Waals surface area contributed by atoms with E-state index in [0.717, 1.165) is 27.5 Å². The Balaban J connectivity index is 1.38. The van der Waals surface area contributed by atoms with Gasteiger partial charge in [0.2, 0.25) is 5.91 Å². The van der Waals surface area contributed by atoms with Crippen LogP contribution in [0.5, 0.6) is 11.5 Å². The number of carbonyl (C=O) groups is 1. The molecule has 2 heterocycles. The van der Waals surface area contributed by atoms with Crippen LogP contribution in [-0.4, -0.2) is 30.1 Å². The second-order valence-electron chi connectivity index (χ2n) is 6.87. The maximum Gasteiger partial charge on any atom is 0.232 e. The number of ether oxygens (including phenoxy) is 2. The van der Waals surface area contributed by atoms with E-state index in [4.69, 9.17) is 21.1 Å². The molecule has 1 amide bonds. The maximum atomic E-state index is 12.5. The molecule has 4 aromatic rings. The predicted octanol–water partition coefficient (Wildman–Crippen LogP) is 5.71. The predicted molar refractivity (Wildman–Crippen MR) is 129 cm³/mol. The minimum Gasteiger partial charge on any atom is -0.497 e. The van der Waals surface area contributed by atoms with Crippen LogP contribution in [0, 0.1) is 0 Å². The number of carbonyl (C=O) groups excluding carboxylic acids is 1. The number of thiazole rings is 2. The fourth-order valence-corrected chi connectivity index (χ4v) is 4.89. The minimum absolute atomic E-state index is 0.160. The highest BCUT2D eigenvalue weighted by Gasteiger charge is 2.14. The van der Waals surface area contributed by atoms with Crippen LogP contribution >= 0.6 is 34.3 Å². The number of anilines is 1. The van der Waals surface area contributed by atoms with Gasteiger partial charge in [-0.2, -0.15) is 0 Å². The van der Waals surface area contributed by atoms with Crippen LogP contribution in [0.3, 0.4) is 0 Å². The molecule has 0 aliphatic carbocycles. The molecular weight excluding hydrogens is 466 g/mol. The van der Waals surface area contributed by atoms with Gasteiger partial charge in [0.25, 0.3) is 0 Å². The van der Waals surface area contributed by atoms with Crippen molar-refractivity contribution >= 4 is 45.3 Å². The number of methoxy groups -OCH3 is 2. The van der Waals surface area contributed by atoms with Gasteiger partial charge in [0.05, 0.1) is 37.0 Å². The van der Waals surface area contributed by atoms with Gasteiger partial charge in [0.1, 0.15) is 11.5 Å². The number of rotatable bonds is 8. The molecule has 9 heteroatoms. The Morgan fingerprint density at radius 1 is 1.06 bits per heavy atom. The molecule has 0 fully saturated rings. The Morgan fingerprint density at radius 2 is 1.94 bits per heavy atom. The van der Waals surface area contributed by atoms with Gasteiger partial charge in [0.15, 0.2) is 5.13 Å². The molecule has 0 spiro atoms. The Labute approximate surface area is 198 Å². The fourth-order valence-electron chi connectivity index (χ4n) is 3.13. The number of halogens is 1. The molecule has 0 bridgehead atoms. The summed E-state index contributed by atoms with van der Waals surface area (Å²) in [5.74, 6) is 1.20. The standard InChI is InChI=1S/C23H20ClN3O3S2/c1-29-17-6-7-18(20(11-17)30-2)19-13-32-23(26-19)27-21(28)10-16-12-31-22(25-16)9-14-4-3-5-15(24)8-14/h3-8,11-13H,9-10H2,1-2H3,(H,26,27,28). The van der Waals surface area contributed by atoms with Crippen molar-refractivity contribution < 1.29 is 14.3 Å². The smallest absolute Gasteiger partial charge is 0.232 e. The van der Waals surface area contributed by atoms with Crippen LogP contribution in [0.25, 0.3) is 11.3 Å². The van der Waals surface area contributed by atoms with Gasteiger partial charge >= 0.3 is 0 Å². The van der Waals surface area contributed by atoms with Crippen molar-refractivity contribution in [3.8, 4) is 22.8 Å². The highest BCUT2D eigenvalue weighted by atomic mass is 35.5. The highest BCUT2D eigenvalue weighted by Crippen LogP contribution is 2.34. The number of hydrogen-bond acceptors (Lipinski definition) is 7. The van der Waals surface area contributed by atoms with E-state index < -0.39 is 0 Å². The lowest BCUT2D eigenvalue weighted by atomic mass is 10.1. The number of nitrogens with zero attached hydrogens (tertiary/aromatic N) is 2. The summed E-state index contributed by atoms with van der Waals surface area (Å²) in [4.78, 5) is 21.6. The molecule has 1 N–H and O–H groups in total. The zero-order valence-electron chi connectivity index (χ0n) is 17.4. The fraction of sp³-hybridized carbons (Fsp3) is 0.174. The van der Waals surface area contributed by atoms with Crippen LogP contribution in [0.4, 0.5) is 5.13 Å². The number of benzene rings is 2. The Morgan fingerprint density at radius 3 is 2.72 bits per heavy atom. The van der Waals surface area contributed by atoms with Crippen molar-refractivity contribution in [1.29, 1.82) is 0 Å². The third-order valence-corrected chi connectivity index (χ3v) is 6.51. The molecule has 2 aromatic heterocycles. The third-order valence-electron chi connectivity index (χ3n) is 4.62. The van der Waals surface area contributed by atoms with Crippen LogP contribution in [0.1, 0.15) is 16.3 Å². The molecule has 0 atom stereocenters. The summed E-state index contributed by atoms with van der Waals surface area (Å²) in [5, 5.41) is 8.82. The van der Waals surface area contributed by atoms with Crippen molar-refractivity contribution in [2.75, 3.05) is 19.5 Å². The molecule has 164 valence electrons. The van der Waals surface area contributed by atoms with Crippen LogP contribution in [0.15, 0.2) is 53.2 Å². The van der Waals surface area contributed by atoms with E-state index >= 15 is 0 Å². The van der Waals surface area contributed by atoms with E-state index in [9.17, 15) is 4.79 Å². The minimum atomic E-state index is -0.160. The lowest BCUT2D eigenvalue weighted by Crippen LogP contribution is -2.14. The molecule has 0 saturated carbocycles. The number of amides is 1. The summed E-state index contributed by atoms with van der Waals surface area (Å²) in [7, 11) is 3.20. The highest BCUT2D eigenvalue weighted by molar-refractivity contribution is 7.14. The first-order valence-corrected chi connectivity index (χ1v) is 11.8. The van der Waals surface area contributed by atoms with Crippen molar-refractivity contribution in [2.45, 2.75) is 12.8 Å². The van der Waals surface area contributed by atoms with Gasteiger partial charge in [-0.3, -0.25) is 4.79 Å². The average Bonchev–Trinajstić information content (AvgIpc) is 3.42. The molecule has 0 aliphatic rings. The maximum absolute atomic E-state index is 12.5. The van der Waals surface area contributed by atoms with E-state index in [0.29, 0.717) is 28.1 Å². The van der Waals surface area contributed by atoms with E-state index in [2.05, 4.69) is 15.3 Å². The summed E-state index contributed by atoms with van der Waals surface area (Å²) < 4.78 is 10.7. The third kappa shape index (κ3) is 5.45. The molecule has 0 saturated heterocycles. The molecule has 32 heavy (non-hydrogen) atoms. The van der Waals surface area contributed by atoms with Crippen LogP contribution < -0.4 is 14.8 Å². The summed E-state index contributed by atoms with van der Waals surface area (Å²) in [6.07, 6.45) is 0.874. The normalized spacial score (nSPS) is 10.7. The lowest BCUT2D eigenvalue weighted by molar-refractivity contribution is -0.115. The number of hydrogen-bond donors (Lipinski definition) is 1. The topological polar surface area (TPSA) is 73.3 Å². The zero-order chi connectivity index (χ0) is 22.5. The van der Waals surface area contributed by atoms with Crippen molar-refractivity contribution in [2.24, 2.45) is 0 Å². The largest absolute Gasteiger partial charge is 0.497 e. The van der Waals surface area contributed by atoms with Gasteiger partial charge in [-0.1, -0.05) is 23.7 Å². The summed E-state index contributed by atoms with van der Waals surface area (Å²) in [6, 6.07) is 13.2. The van der Waals surface area contributed by atoms with Crippen molar-refractivity contribution in [3.63, 3.8) is 0 Å². The Bertz CT molecular complexity index is 1240. The number of nitrogens with one attached hydrogen (secondary N) is 1. The van der Waals surface area contributed by atoms with E-state index in [1.807, 2.05) is 47.2 Å². The lowest BCUT2D eigenvalue weighted by Gasteiger charge is -2.08.